The molecular weight excluding hydrogens is 312 g/mol. The zero-order valence-corrected chi connectivity index (χ0v) is 12.7. The van der Waals surface area contributed by atoms with Crippen molar-refractivity contribution >= 4 is 17.6 Å². The van der Waals surface area contributed by atoms with Crippen LogP contribution in [-0.2, 0) is 0 Å². The van der Waals surface area contributed by atoms with Gasteiger partial charge in [-0.15, -0.1) is 0 Å². The van der Waals surface area contributed by atoms with Crippen LogP contribution < -0.4 is 15.6 Å². The zero-order valence-electron chi connectivity index (χ0n) is 12.7. The third-order valence-electron chi connectivity index (χ3n) is 3.28. The third-order valence-corrected chi connectivity index (χ3v) is 3.28. The first kappa shape index (κ1) is 15.3. The Labute approximate surface area is 136 Å². The molecule has 8 nitrogen and oxygen atoms in total. The Bertz CT molecular complexity index is 945. The van der Waals surface area contributed by atoms with E-state index in [2.05, 4.69) is 20.3 Å². The fourth-order valence-electron chi connectivity index (χ4n) is 2.17. The third kappa shape index (κ3) is 3.27. The molecule has 122 valence electrons. The van der Waals surface area contributed by atoms with E-state index in [1.165, 1.54) is 18.3 Å². The minimum absolute atomic E-state index is 0.0313. The fourth-order valence-corrected chi connectivity index (χ4v) is 2.17. The van der Waals surface area contributed by atoms with Crippen LogP contribution >= 0.6 is 0 Å². The molecule has 0 radical (unpaired) electrons. The Balaban J connectivity index is 1.93. The Morgan fingerprint density at radius 1 is 1.29 bits per heavy atom. The summed E-state index contributed by atoms with van der Waals surface area (Å²) in [4.78, 5) is 32.3. The number of aromatic nitrogens is 3. The molecule has 2 aromatic heterocycles. The van der Waals surface area contributed by atoms with Gasteiger partial charge in [0.05, 0.1) is 18.5 Å². The lowest BCUT2D eigenvalue weighted by Crippen LogP contribution is -2.10. The van der Waals surface area contributed by atoms with Gasteiger partial charge in [0.1, 0.15) is 11.4 Å². The number of methoxy groups -OCH3 is 1. The molecule has 0 saturated carbocycles. The van der Waals surface area contributed by atoms with Crippen molar-refractivity contribution in [2.45, 2.75) is 0 Å². The molecule has 0 unspecified atom stereocenters. The summed E-state index contributed by atoms with van der Waals surface area (Å²) in [6.45, 7) is 0. The van der Waals surface area contributed by atoms with Gasteiger partial charge in [0.25, 0.3) is 5.56 Å². The minimum Gasteiger partial charge on any atom is -0.497 e. The predicted molar refractivity (Wildman–Crippen MR) is 87.9 cm³/mol. The van der Waals surface area contributed by atoms with Crippen LogP contribution in [0.15, 0.2) is 47.4 Å². The summed E-state index contributed by atoms with van der Waals surface area (Å²) in [6, 6.07) is 9.95. The van der Waals surface area contributed by atoms with Gasteiger partial charge >= 0.3 is 5.97 Å². The molecule has 24 heavy (non-hydrogen) atoms. The molecule has 0 aliphatic heterocycles. The number of ether oxygens (including phenoxy) is 1. The molecule has 0 bridgehead atoms. The van der Waals surface area contributed by atoms with E-state index in [1.807, 2.05) is 6.07 Å². The van der Waals surface area contributed by atoms with Gasteiger partial charge in [0.2, 0.25) is 5.95 Å². The highest BCUT2D eigenvalue weighted by atomic mass is 16.5. The Morgan fingerprint density at radius 3 is 2.83 bits per heavy atom. The molecule has 0 amide bonds. The van der Waals surface area contributed by atoms with Crippen LogP contribution in [0.5, 0.6) is 5.75 Å². The highest BCUT2D eigenvalue weighted by Gasteiger charge is 2.09. The van der Waals surface area contributed by atoms with E-state index in [1.54, 1.807) is 25.3 Å². The highest BCUT2D eigenvalue weighted by Crippen LogP contribution is 2.22. The summed E-state index contributed by atoms with van der Waals surface area (Å²) >= 11 is 0. The van der Waals surface area contributed by atoms with Crippen molar-refractivity contribution in [3.05, 3.63) is 58.6 Å². The lowest BCUT2D eigenvalue weighted by atomic mass is 10.1. The molecule has 0 saturated heterocycles. The Hall–Kier alpha value is -3.55. The lowest BCUT2D eigenvalue weighted by molar-refractivity contribution is 0.0691. The SMILES string of the molecule is COc1cccc(-c2cc(=O)[nH]c(Nc3c[nH]c(C(=O)O)c3)n2)c1. The van der Waals surface area contributed by atoms with E-state index < -0.39 is 5.97 Å². The second kappa shape index (κ2) is 6.29. The first-order chi connectivity index (χ1) is 11.5. The van der Waals surface area contributed by atoms with Crippen molar-refractivity contribution < 1.29 is 14.6 Å². The van der Waals surface area contributed by atoms with Crippen molar-refractivity contribution in [2.75, 3.05) is 12.4 Å². The quantitative estimate of drug-likeness (QED) is 0.570. The van der Waals surface area contributed by atoms with Crippen LogP contribution in [0, 0.1) is 0 Å². The standard InChI is InChI=1S/C16H14N4O4/c1-24-11-4-2-3-9(5-11)12-7-14(21)20-16(19-12)18-10-6-13(15(22)23)17-8-10/h2-8,17H,1H3,(H,22,23)(H2,18,19,20,21). The van der Waals surface area contributed by atoms with E-state index in [4.69, 9.17) is 9.84 Å². The number of hydrogen-bond acceptors (Lipinski definition) is 5. The number of nitrogens with zero attached hydrogens (tertiary/aromatic N) is 1. The average molecular weight is 326 g/mol. The van der Waals surface area contributed by atoms with Gasteiger partial charge in [-0.2, -0.15) is 0 Å². The topological polar surface area (TPSA) is 120 Å². The summed E-state index contributed by atoms with van der Waals surface area (Å²) < 4.78 is 5.17. The van der Waals surface area contributed by atoms with Crippen molar-refractivity contribution in [1.29, 1.82) is 0 Å². The second-order valence-corrected chi connectivity index (χ2v) is 4.94. The monoisotopic (exact) mass is 326 g/mol. The van der Waals surface area contributed by atoms with Crippen LogP contribution in [0.4, 0.5) is 11.6 Å². The Morgan fingerprint density at radius 2 is 2.12 bits per heavy atom. The summed E-state index contributed by atoms with van der Waals surface area (Å²) in [5, 5.41) is 11.8. The van der Waals surface area contributed by atoms with Gasteiger partial charge in [-0.05, 0) is 18.2 Å². The van der Waals surface area contributed by atoms with Gasteiger partial charge < -0.3 is 20.1 Å². The zero-order chi connectivity index (χ0) is 17.1. The van der Waals surface area contributed by atoms with Crippen molar-refractivity contribution in [2.24, 2.45) is 0 Å². The van der Waals surface area contributed by atoms with Crippen LogP contribution in [0.25, 0.3) is 11.3 Å². The van der Waals surface area contributed by atoms with Crippen molar-refractivity contribution in [3.8, 4) is 17.0 Å². The van der Waals surface area contributed by atoms with Gasteiger partial charge in [-0.25, -0.2) is 9.78 Å². The molecule has 8 heteroatoms. The molecule has 0 fully saturated rings. The molecule has 0 aliphatic rings. The molecule has 0 spiro atoms. The van der Waals surface area contributed by atoms with E-state index in [-0.39, 0.29) is 17.2 Å². The van der Waals surface area contributed by atoms with Crippen LogP contribution in [0.3, 0.4) is 0 Å². The first-order valence-corrected chi connectivity index (χ1v) is 6.99. The number of aromatic amines is 2. The minimum atomic E-state index is -1.07. The number of aromatic carboxylic acids is 1. The maximum Gasteiger partial charge on any atom is 0.352 e. The number of H-pyrrole nitrogens is 2. The highest BCUT2D eigenvalue weighted by molar-refractivity contribution is 5.87. The molecule has 1 aromatic carbocycles. The number of carboxylic acid groups (broad SMARTS) is 1. The predicted octanol–water partition coefficient (Wildman–Crippen LogP) is 2.22. The van der Waals surface area contributed by atoms with E-state index in [9.17, 15) is 9.59 Å². The maximum absolute atomic E-state index is 11.9. The number of hydrogen-bond donors (Lipinski definition) is 4. The van der Waals surface area contributed by atoms with Gasteiger partial charge in [0.15, 0.2) is 0 Å². The largest absolute Gasteiger partial charge is 0.497 e. The summed E-state index contributed by atoms with van der Waals surface area (Å²) in [7, 11) is 1.56. The lowest BCUT2D eigenvalue weighted by Gasteiger charge is -2.07. The number of nitrogens with one attached hydrogen (secondary N) is 3. The molecular formula is C16H14N4O4. The van der Waals surface area contributed by atoms with E-state index in [0.29, 0.717) is 17.1 Å². The summed E-state index contributed by atoms with van der Waals surface area (Å²) in [6.07, 6.45) is 1.47. The molecule has 2 heterocycles. The van der Waals surface area contributed by atoms with Gasteiger partial charge in [0, 0.05) is 17.8 Å². The summed E-state index contributed by atoms with van der Waals surface area (Å²) in [5.74, 6) is -0.216. The smallest absolute Gasteiger partial charge is 0.352 e. The molecule has 3 rings (SSSR count). The number of carboxylic acids is 1. The molecule has 4 N–H and O–H groups in total. The average Bonchev–Trinajstić information content (AvgIpc) is 3.03. The van der Waals surface area contributed by atoms with E-state index in [0.717, 1.165) is 5.56 Å². The first-order valence-electron chi connectivity index (χ1n) is 6.99. The van der Waals surface area contributed by atoms with E-state index >= 15 is 0 Å². The number of rotatable bonds is 5. The number of carbonyl (C=O) groups is 1. The molecule has 0 atom stereocenters. The number of anilines is 2. The van der Waals surface area contributed by atoms with Gasteiger partial charge in [-0.3, -0.25) is 9.78 Å². The van der Waals surface area contributed by atoms with Crippen LogP contribution in [0.1, 0.15) is 10.5 Å². The molecule has 3 aromatic rings. The molecule has 0 aliphatic carbocycles. The summed E-state index contributed by atoms with van der Waals surface area (Å²) in [5.41, 5.74) is 1.36. The van der Waals surface area contributed by atoms with Crippen LogP contribution in [-0.4, -0.2) is 33.1 Å². The fraction of sp³-hybridized carbons (Fsp3) is 0.0625. The number of benzene rings is 1. The second-order valence-electron chi connectivity index (χ2n) is 4.94. The van der Waals surface area contributed by atoms with Crippen LogP contribution in [0.2, 0.25) is 0 Å². The maximum atomic E-state index is 11.9. The Kier molecular flexibility index (Phi) is 4.02. The van der Waals surface area contributed by atoms with Gasteiger partial charge in [-0.1, -0.05) is 12.1 Å². The normalized spacial score (nSPS) is 10.4. The van der Waals surface area contributed by atoms with Crippen molar-refractivity contribution in [1.82, 2.24) is 15.0 Å². The van der Waals surface area contributed by atoms with Crippen molar-refractivity contribution in [3.63, 3.8) is 0 Å².